The number of carbonyl (C=O) groups is 1. The van der Waals surface area contributed by atoms with Crippen molar-refractivity contribution in [2.75, 3.05) is 44.2 Å². The maximum absolute atomic E-state index is 12.0. The number of halogens is 1. The maximum atomic E-state index is 12.0. The van der Waals surface area contributed by atoms with Crippen LogP contribution in [0.15, 0.2) is 54.6 Å². The molecule has 1 fully saturated rings. The summed E-state index contributed by atoms with van der Waals surface area (Å²) in [6.07, 6.45) is 0.983. The van der Waals surface area contributed by atoms with Gasteiger partial charge in [0.15, 0.2) is 6.29 Å². The van der Waals surface area contributed by atoms with Gasteiger partial charge >= 0.3 is 0 Å². The van der Waals surface area contributed by atoms with Gasteiger partial charge in [-0.1, -0.05) is 36.4 Å². The number of rotatable bonds is 5. The fourth-order valence-electron chi connectivity index (χ4n) is 3.84. The van der Waals surface area contributed by atoms with Crippen LogP contribution in [0.25, 0.3) is 16.6 Å². The number of nitrogens with zero attached hydrogens (tertiary/aromatic N) is 3. The maximum Gasteiger partial charge on any atom is 0.154 e. The van der Waals surface area contributed by atoms with Gasteiger partial charge in [-0.2, -0.15) is 0 Å². The number of hydrogen-bond donors (Lipinski definition) is 1. The SMILES string of the molecule is Cl.O=Cc1c(N2CCN(CCO)CC2)n(-c2ccccc2)c2ccccc12. The lowest BCUT2D eigenvalue weighted by molar-refractivity contribution is 0.112. The highest BCUT2D eigenvalue weighted by Gasteiger charge is 2.25. The van der Waals surface area contributed by atoms with Crippen LogP contribution in [0.5, 0.6) is 0 Å². The second-order valence-electron chi connectivity index (χ2n) is 6.60. The number of fused-ring (bicyclic) bond motifs is 1. The Kier molecular flexibility index (Phi) is 6.16. The number of aldehydes is 1. The summed E-state index contributed by atoms with van der Waals surface area (Å²) in [4.78, 5) is 16.6. The lowest BCUT2D eigenvalue weighted by Gasteiger charge is -2.36. The van der Waals surface area contributed by atoms with Gasteiger partial charge in [-0.3, -0.25) is 14.3 Å². The summed E-state index contributed by atoms with van der Waals surface area (Å²) in [7, 11) is 0. The van der Waals surface area contributed by atoms with Crippen LogP contribution in [-0.2, 0) is 0 Å². The fourth-order valence-corrected chi connectivity index (χ4v) is 3.84. The molecule has 6 heteroatoms. The Labute approximate surface area is 165 Å². The second-order valence-corrected chi connectivity index (χ2v) is 6.60. The third-order valence-electron chi connectivity index (χ3n) is 5.11. The number of benzene rings is 2. The molecule has 5 nitrogen and oxygen atoms in total. The summed E-state index contributed by atoms with van der Waals surface area (Å²) in [6.45, 7) is 4.33. The van der Waals surface area contributed by atoms with E-state index in [0.29, 0.717) is 6.54 Å². The number of aromatic nitrogens is 1. The Morgan fingerprint density at radius 1 is 0.926 bits per heavy atom. The molecule has 2 heterocycles. The van der Waals surface area contributed by atoms with E-state index in [1.54, 1.807) is 0 Å². The number of hydrogen-bond acceptors (Lipinski definition) is 4. The molecule has 1 aliphatic heterocycles. The van der Waals surface area contributed by atoms with Gasteiger partial charge in [0.1, 0.15) is 5.82 Å². The average molecular weight is 386 g/mol. The predicted molar refractivity (Wildman–Crippen MR) is 112 cm³/mol. The summed E-state index contributed by atoms with van der Waals surface area (Å²) in [5, 5.41) is 10.2. The van der Waals surface area contributed by atoms with E-state index in [4.69, 9.17) is 5.11 Å². The highest BCUT2D eigenvalue weighted by molar-refractivity contribution is 6.05. The zero-order chi connectivity index (χ0) is 17.9. The van der Waals surface area contributed by atoms with Crippen molar-refractivity contribution in [3.05, 3.63) is 60.2 Å². The molecule has 1 N–H and O–H groups in total. The van der Waals surface area contributed by atoms with Crippen molar-refractivity contribution in [3.8, 4) is 5.69 Å². The van der Waals surface area contributed by atoms with Crippen LogP contribution in [0.1, 0.15) is 10.4 Å². The van der Waals surface area contributed by atoms with Crippen molar-refractivity contribution in [3.63, 3.8) is 0 Å². The molecule has 4 rings (SSSR count). The second kappa shape index (κ2) is 8.57. The zero-order valence-corrected chi connectivity index (χ0v) is 15.9. The number of para-hydroxylation sites is 2. The fraction of sp³-hybridized carbons (Fsp3) is 0.286. The molecule has 0 radical (unpaired) electrons. The Balaban J connectivity index is 0.00000210. The number of aliphatic hydroxyl groups is 1. The van der Waals surface area contributed by atoms with Crippen LogP contribution >= 0.6 is 12.4 Å². The molecule has 2 aromatic carbocycles. The predicted octanol–water partition coefficient (Wildman–Crippen LogP) is 2.98. The van der Waals surface area contributed by atoms with Gasteiger partial charge in [0.05, 0.1) is 17.7 Å². The first-order valence-electron chi connectivity index (χ1n) is 9.05. The van der Waals surface area contributed by atoms with E-state index in [1.807, 2.05) is 36.4 Å². The number of aliphatic hydroxyl groups excluding tert-OH is 1. The first-order valence-corrected chi connectivity index (χ1v) is 9.05. The molecule has 3 aromatic rings. The third-order valence-corrected chi connectivity index (χ3v) is 5.11. The molecule has 142 valence electrons. The van der Waals surface area contributed by atoms with Gasteiger partial charge in [-0.25, -0.2) is 0 Å². The Morgan fingerprint density at radius 2 is 1.59 bits per heavy atom. The number of carbonyl (C=O) groups excluding carboxylic acids is 1. The summed E-state index contributed by atoms with van der Waals surface area (Å²) < 4.78 is 2.20. The Morgan fingerprint density at radius 3 is 2.26 bits per heavy atom. The van der Waals surface area contributed by atoms with Gasteiger partial charge in [-0.15, -0.1) is 12.4 Å². The van der Waals surface area contributed by atoms with Gasteiger partial charge in [-0.05, 0) is 18.2 Å². The molecule has 27 heavy (non-hydrogen) atoms. The van der Waals surface area contributed by atoms with Crippen LogP contribution in [-0.4, -0.2) is 60.2 Å². The van der Waals surface area contributed by atoms with Crippen molar-refractivity contribution in [2.45, 2.75) is 0 Å². The van der Waals surface area contributed by atoms with E-state index in [1.165, 1.54) is 0 Å². The Bertz CT molecular complexity index is 902. The topological polar surface area (TPSA) is 48.7 Å². The summed E-state index contributed by atoms with van der Waals surface area (Å²) in [6, 6.07) is 18.3. The van der Waals surface area contributed by atoms with Crippen LogP contribution in [0, 0.1) is 0 Å². The van der Waals surface area contributed by atoms with Gasteiger partial charge in [0, 0.05) is 43.8 Å². The molecule has 1 saturated heterocycles. The molecular weight excluding hydrogens is 362 g/mol. The molecule has 0 amide bonds. The average Bonchev–Trinajstić information content (AvgIpc) is 3.04. The quantitative estimate of drug-likeness (QED) is 0.686. The van der Waals surface area contributed by atoms with Gasteiger partial charge in [0.2, 0.25) is 0 Å². The van der Waals surface area contributed by atoms with E-state index < -0.39 is 0 Å². The third kappa shape index (κ3) is 3.58. The minimum Gasteiger partial charge on any atom is -0.395 e. The van der Waals surface area contributed by atoms with Crippen LogP contribution < -0.4 is 4.90 Å². The molecule has 0 spiro atoms. The van der Waals surface area contributed by atoms with Gasteiger partial charge in [0.25, 0.3) is 0 Å². The van der Waals surface area contributed by atoms with Crippen LogP contribution in [0.3, 0.4) is 0 Å². The highest BCUT2D eigenvalue weighted by atomic mass is 35.5. The van der Waals surface area contributed by atoms with Crippen LogP contribution in [0.2, 0.25) is 0 Å². The number of β-amino-alcohol motifs (C(OH)–C–C–N with tert-alkyl or cyclic N) is 1. The smallest absolute Gasteiger partial charge is 0.154 e. The molecule has 0 atom stereocenters. The first kappa shape index (κ1) is 19.4. The minimum atomic E-state index is 0. The van der Waals surface area contributed by atoms with Crippen molar-refractivity contribution in [2.24, 2.45) is 0 Å². The van der Waals surface area contributed by atoms with Crippen molar-refractivity contribution in [1.29, 1.82) is 0 Å². The van der Waals surface area contributed by atoms with E-state index >= 15 is 0 Å². The van der Waals surface area contributed by atoms with Crippen molar-refractivity contribution >= 4 is 35.4 Å². The molecular formula is C21H24ClN3O2. The van der Waals surface area contributed by atoms with E-state index in [0.717, 1.165) is 60.4 Å². The molecule has 0 aliphatic carbocycles. The summed E-state index contributed by atoms with van der Waals surface area (Å²) in [5.41, 5.74) is 2.86. The molecule has 0 unspecified atom stereocenters. The summed E-state index contributed by atoms with van der Waals surface area (Å²) >= 11 is 0. The molecule has 1 aromatic heterocycles. The van der Waals surface area contributed by atoms with E-state index in [9.17, 15) is 4.79 Å². The van der Waals surface area contributed by atoms with Crippen molar-refractivity contribution < 1.29 is 9.90 Å². The number of piperazine rings is 1. The van der Waals surface area contributed by atoms with Crippen LogP contribution in [0.4, 0.5) is 5.82 Å². The normalized spacial score (nSPS) is 14.9. The lowest BCUT2D eigenvalue weighted by atomic mass is 10.1. The van der Waals surface area contributed by atoms with E-state index in [-0.39, 0.29) is 19.0 Å². The monoisotopic (exact) mass is 385 g/mol. The highest BCUT2D eigenvalue weighted by Crippen LogP contribution is 2.35. The largest absolute Gasteiger partial charge is 0.395 e. The standard InChI is InChI=1S/C21H23N3O2.ClH/c25-15-14-22-10-12-23(13-11-22)21-19(16-26)18-8-4-5-9-20(18)24(21)17-6-2-1-3-7-17;/h1-9,16,25H,10-15H2;1H. The molecule has 1 aliphatic rings. The number of anilines is 1. The van der Waals surface area contributed by atoms with E-state index in [2.05, 4.69) is 32.6 Å². The molecule has 0 bridgehead atoms. The lowest BCUT2D eigenvalue weighted by Crippen LogP contribution is -2.48. The van der Waals surface area contributed by atoms with Gasteiger partial charge < -0.3 is 10.0 Å². The first-order chi connectivity index (χ1) is 12.8. The Hall–Kier alpha value is -2.34. The molecule has 0 saturated carbocycles. The van der Waals surface area contributed by atoms with Crippen molar-refractivity contribution in [1.82, 2.24) is 9.47 Å². The zero-order valence-electron chi connectivity index (χ0n) is 15.1. The summed E-state index contributed by atoms with van der Waals surface area (Å²) in [5.74, 6) is 0.969. The minimum absolute atomic E-state index is 0.